The summed E-state index contributed by atoms with van der Waals surface area (Å²) in [6, 6.07) is 8.04. The summed E-state index contributed by atoms with van der Waals surface area (Å²) in [7, 11) is 4.03. The second-order valence-electron chi connectivity index (χ2n) is 4.61. The molecule has 2 N–H and O–H groups in total. The maximum atomic E-state index is 5.69. The number of rotatable bonds is 11. The Morgan fingerprint density at radius 1 is 1.00 bits per heavy atom. The molecule has 0 aliphatic heterocycles. The fourth-order valence-electron chi connectivity index (χ4n) is 1.61. The highest BCUT2D eigenvalue weighted by atomic mass is 16.5. The van der Waals surface area contributed by atoms with Crippen LogP contribution < -0.4 is 15.4 Å². The minimum atomic E-state index is 0.555. The second kappa shape index (κ2) is 10.5. The average Bonchev–Trinajstić information content (AvgIpc) is 2.46. The molecule has 5 nitrogen and oxygen atoms in total. The van der Waals surface area contributed by atoms with Crippen LogP contribution in [0.15, 0.2) is 24.3 Å². The van der Waals surface area contributed by atoms with Gasteiger partial charge in [0.25, 0.3) is 0 Å². The quantitative estimate of drug-likeness (QED) is 0.624. The van der Waals surface area contributed by atoms with Crippen molar-refractivity contribution in [1.82, 2.24) is 0 Å². The van der Waals surface area contributed by atoms with Crippen LogP contribution in [0, 0.1) is 0 Å². The van der Waals surface area contributed by atoms with E-state index in [1.54, 1.807) is 0 Å². The summed E-state index contributed by atoms with van der Waals surface area (Å²) in [5.74, 6) is 0.891. The molecule has 0 aliphatic carbocycles. The highest BCUT2D eigenvalue weighted by Crippen LogP contribution is 2.19. The van der Waals surface area contributed by atoms with Gasteiger partial charge in [0.2, 0.25) is 0 Å². The Bertz CT molecular complexity index is 359. The standard InChI is InChI=1S/C15H26N2O3/c1-17(2)14-5-3-6-15(13-14)20-9-4-8-18-11-12-19-10-7-16/h3,5-6,13H,4,7-12,16H2,1-2H3. The Hall–Kier alpha value is -1.30. The largest absolute Gasteiger partial charge is 0.493 e. The van der Waals surface area contributed by atoms with Crippen molar-refractivity contribution in [1.29, 1.82) is 0 Å². The molecule has 0 fully saturated rings. The van der Waals surface area contributed by atoms with E-state index in [-0.39, 0.29) is 0 Å². The van der Waals surface area contributed by atoms with Crippen LogP contribution in [0.4, 0.5) is 5.69 Å². The molecule has 0 aromatic heterocycles. The van der Waals surface area contributed by atoms with Gasteiger partial charge in [-0.05, 0) is 12.1 Å². The molecule has 0 amide bonds. The number of nitrogens with zero attached hydrogens (tertiary/aromatic N) is 1. The van der Waals surface area contributed by atoms with Crippen LogP contribution in [0.3, 0.4) is 0 Å². The molecule has 1 rings (SSSR count). The lowest BCUT2D eigenvalue weighted by atomic mass is 10.3. The molecule has 114 valence electrons. The van der Waals surface area contributed by atoms with E-state index in [1.165, 1.54) is 0 Å². The Balaban J connectivity index is 2.05. The maximum absolute atomic E-state index is 5.69. The van der Waals surface area contributed by atoms with E-state index in [0.29, 0.717) is 39.6 Å². The van der Waals surface area contributed by atoms with Crippen LogP contribution in [-0.2, 0) is 9.47 Å². The number of anilines is 1. The number of ether oxygens (including phenoxy) is 3. The van der Waals surface area contributed by atoms with Gasteiger partial charge in [0.1, 0.15) is 5.75 Å². The Morgan fingerprint density at radius 3 is 2.45 bits per heavy atom. The first-order valence-electron chi connectivity index (χ1n) is 7.00. The first-order chi connectivity index (χ1) is 9.74. The normalized spacial score (nSPS) is 10.6. The molecule has 20 heavy (non-hydrogen) atoms. The third-order valence-electron chi connectivity index (χ3n) is 2.67. The van der Waals surface area contributed by atoms with Crippen molar-refractivity contribution in [3.8, 4) is 5.75 Å². The number of hydrogen-bond donors (Lipinski definition) is 1. The van der Waals surface area contributed by atoms with Gasteiger partial charge < -0.3 is 24.8 Å². The first kappa shape index (κ1) is 16.8. The average molecular weight is 282 g/mol. The van der Waals surface area contributed by atoms with Crippen molar-refractivity contribution in [2.45, 2.75) is 6.42 Å². The van der Waals surface area contributed by atoms with Crippen molar-refractivity contribution < 1.29 is 14.2 Å². The number of hydrogen-bond acceptors (Lipinski definition) is 5. The molecule has 5 heteroatoms. The van der Waals surface area contributed by atoms with Gasteiger partial charge >= 0.3 is 0 Å². The Morgan fingerprint density at radius 2 is 1.75 bits per heavy atom. The smallest absolute Gasteiger partial charge is 0.121 e. The molecular weight excluding hydrogens is 256 g/mol. The molecule has 0 unspecified atom stereocenters. The summed E-state index contributed by atoms with van der Waals surface area (Å²) in [4.78, 5) is 2.05. The van der Waals surface area contributed by atoms with E-state index in [0.717, 1.165) is 17.9 Å². The van der Waals surface area contributed by atoms with Crippen molar-refractivity contribution in [3.63, 3.8) is 0 Å². The van der Waals surface area contributed by atoms with E-state index >= 15 is 0 Å². The zero-order valence-electron chi connectivity index (χ0n) is 12.5. The Kier molecular flexibility index (Phi) is 8.78. The van der Waals surface area contributed by atoms with E-state index in [4.69, 9.17) is 19.9 Å². The van der Waals surface area contributed by atoms with E-state index < -0.39 is 0 Å². The maximum Gasteiger partial charge on any atom is 0.121 e. The lowest BCUT2D eigenvalue weighted by Crippen LogP contribution is -2.13. The minimum absolute atomic E-state index is 0.555. The summed E-state index contributed by atoms with van der Waals surface area (Å²) < 4.78 is 16.3. The third kappa shape index (κ3) is 7.33. The molecule has 0 atom stereocenters. The lowest BCUT2D eigenvalue weighted by molar-refractivity contribution is 0.0463. The van der Waals surface area contributed by atoms with Crippen LogP contribution >= 0.6 is 0 Å². The predicted molar refractivity (Wildman–Crippen MR) is 81.6 cm³/mol. The highest BCUT2D eigenvalue weighted by molar-refractivity contribution is 5.49. The molecule has 0 bridgehead atoms. The van der Waals surface area contributed by atoms with Crippen molar-refractivity contribution in [2.24, 2.45) is 5.73 Å². The zero-order chi connectivity index (χ0) is 14.6. The van der Waals surface area contributed by atoms with Crippen LogP contribution in [0.2, 0.25) is 0 Å². The molecule has 0 aliphatic rings. The SMILES string of the molecule is CN(C)c1cccc(OCCCOCCOCCN)c1. The van der Waals surface area contributed by atoms with E-state index in [9.17, 15) is 0 Å². The molecule has 1 aromatic rings. The van der Waals surface area contributed by atoms with Gasteiger partial charge in [-0.25, -0.2) is 0 Å². The van der Waals surface area contributed by atoms with Crippen LogP contribution in [0.1, 0.15) is 6.42 Å². The molecule has 0 saturated heterocycles. The van der Waals surface area contributed by atoms with Crippen molar-refractivity contribution >= 4 is 5.69 Å². The highest BCUT2D eigenvalue weighted by Gasteiger charge is 1.98. The molecule has 1 aromatic carbocycles. The summed E-state index contributed by atoms with van der Waals surface area (Å²) in [5.41, 5.74) is 6.44. The molecule has 0 saturated carbocycles. The summed E-state index contributed by atoms with van der Waals surface area (Å²) in [6.45, 7) is 3.69. The van der Waals surface area contributed by atoms with Gasteiger partial charge in [-0.1, -0.05) is 6.07 Å². The van der Waals surface area contributed by atoms with Gasteiger partial charge in [-0.3, -0.25) is 0 Å². The van der Waals surface area contributed by atoms with Crippen LogP contribution in [0.5, 0.6) is 5.75 Å². The fourth-order valence-corrected chi connectivity index (χ4v) is 1.61. The lowest BCUT2D eigenvalue weighted by Gasteiger charge is -2.14. The third-order valence-corrected chi connectivity index (χ3v) is 2.67. The number of benzene rings is 1. The van der Waals surface area contributed by atoms with E-state index in [1.807, 2.05) is 32.3 Å². The molecule has 0 spiro atoms. The van der Waals surface area contributed by atoms with Crippen molar-refractivity contribution in [3.05, 3.63) is 24.3 Å². The van der Waals surface area contributed by atoms with Crippen molar-refractivity contribution in [2.75, 3.05) is 58.6 Å². The van der Waals surface area contributed by atoms with Gasteiger partial charge in [0.15, 0.2) is 0 Å². The van der Waals surface area contributed by atoms with Crippen LogP contribution in [0.25, 0.3) is 0 Å². The van der Waals surface area contributed by atoms with Gasteiger partial charge in [0, 0.05) is 45.4 Å². The zero-order valence-corrected chi connectivity index (χ0v) is 12.5. The molecular formula is C15H26N2O3. The topological polar surface area (TPSA) is 57.0 Å². The fraction of sp³-hybridized carbons (Fsp3) is 0.600. The monoisotopic (exact) mass is 282 g/mol. The molecule has 0 radical (unpaired) electrons. The summed E-state index contributed by atoms with van der Waals surface area (Å²) in [6.07, 6.45) is 0.864. The molecule has 0 heterocycles. The van der Waals surface area contributed by atoms with Gasteiger partial charge in [-0.2, -0.15) is 0 Å². The first-order valence-corrected chi connectivity index (χ1v) is 7.00. The summed E-state index contributed by atoms with van der Waals surface area (Å²) in [5, 5.41) is 0. The minimum Gasteiger partial charge on any atom is -0.493 e. The van der Waals surface area contributed by atoms with E-state index in [2.05, 4.69) is 11.0 Å². The number of nitrogens with two attached hydrogens (primary N) is 1. The van der Waals surface area contributed by atoms with Gasteiger partial charge in [-0.15, -0.1) is 0 Å². The predicted octanol–water partition coefficient (Wildman–Crippen LogP) is 1.51. The second-order valence-corrected chi connectivity index (χ2v) is 4.61. The Labute approximate surface area is 121 Å². The summed E-state index contributed by atoms with van der Waals surface area (Å²) >= 11 is 0. The van der Waals surface area contributed by atoms with Crippen LogP contribution in [-0.4, -0.2) is 53.7 Å². The van der Waals surface area contributed by atoms with Gasteiger partial charge in [0.05, 0.1) is 26.4 Å².